The Morgan fingerprint density at radius 3 is 1.87 bits per heavy atom. The third-order valence-corrected chi connectivity index (χ3v) is 6.81. The summed E-state index contributed by atoms with van der Waals surface area (Å²) in [5.41, 5.74) is 0.250. The number of benzene rings is 2. The molecule has 0 bridgehead atoms. The second-order valence-corrected chi connectivity index (χ2v) is 8.94. The zero-order valence-electron chi connectivity index (χ0n) is 16.5. The average molecular weight is 429 g/mol. The molecule has 1 fully saturated rings. The largest absolute Gasteiger partial charge is 0.339 e. The number of carbonyl (C=O) groups is 3. The maximum atomic E-state index is 13.2. The normalized spacial score (nSPS) is 15.4. The Bertz CT molecular complexity index is 1020. The predicted octanol–water partition coefficient (Wildman–Crippen LogP) is 0.907. The quantitative estimate of drug-likeness (QED) is 0.761. The highest BCUT2D eigenvalue weighted by molar-refractivity contribution is 7.92. The smallest absolute Gasteiger partial charge is 0.261 e. The Hall–Kier alpha value is -3.20. The van der Waals surface area contributed by atoms with E-state index in [4.69, 9.17) is 0 Å². The minimum Gasteiger partial charge on any atom is -0.339 e. The van der Waals surface area contributed by atoms with Crippen molar-refractivity contribution in [2.24, 2.45) is 0 Å². The van der Waals surface area contributed by atoms with E-state index in [2.05, 4.69) is 5.32 Å². The average Bonchev–Trinajstić information content (AvgIpc) is 2.78. The van der Waals surface area contributed by atoms with Crippen molar-refractivity contribution < 1.29 is 22.8 Å². The lowest BCUT2D eigenvalue weighted by Crippen LogP contribution is -2.57. The molecule has 1 heterocycles. The summed E-state index contributed by atoms with van der Waals surface area (Å²) >= 11 is 0. The summed E-state index contributed by atoms with van der Waals surface area (Å²) in [5, 5.41) is 0.637. The lowest BCUT2D eigenvalue weighted by Gasteiger charge is -2.36. The summed E-state index contributed by atoms with van der Waals surface area (Å²) in [4.78, 5) is 40.3. The third kappa shape index (κ3) is 4.68. The number of nitrogens with zero attached hydrogens (tertiary/aromatic N) is 2. The second kappa shape index (κ2) is 9.08. The number of rotatable bonds is 5. The molecule has 1 aliphatic rings. The van der Waals surface area contributed by atoms with Gasteiger partial charge in [0.15, 0.2) is 0 Å². The van der Waals surface area contributed by atoms with Crippen molar-refractivity contribution in [2.45, 2.75) is 17.2 Å². The molecule has 3 rings (SSSR count). The summed E-state index contributed by atoms with van der Waals surface area (Å²) < 4.78 is 26.5. The standard InChI is InChI=1S/C21H23N3O5S/c1-16(25)23-12-14-24(15-13-23)21(27)20(22-19(26)17-8-4-2-5-9-17)30(28,29)18-10-6-3-7-11-18/h2-11,20H,12-15H2,1H3,(H,22,26). The lowest BCUT2D eigenvalue weighted by molar-refractivity contribution is -0.138. The molecule has 158 valence electrons. The number of amides is 3. The van der Waals surface area contributed by atoms with E-state index < -0.39 is 27.0 Å². The zero-order valence-corrected chi connectivity index (χ0v) is 17.3. The topological polar surface area (TPSA) is 104 Å². The maximum absolute atomic E-state index is 13.2. The van der Waals surface area contributed by atoms with Crippen molar-refractivity contribution in [2.75, 3.05) is 26.2 Å². The molecule has 0 aromatic heterocycles. The van der Waals surface area contributed by atoms with E-state index in [1.54, 1.807) is 41.3 Å². The van der Waals surface area contributed by atoms with Gasteiger partial charge in [-0.05, 0) is 24.3 Å². The zero-order chi connectivity index (χ0) is 21.7. The molecule has 9 heteroatoms. The van der Waals surface area contributed by atoms with Gasteiger partial charge in [0.05, 0.1) is 4.90 Å². The molecule has 0 spiro atoms. The minimum atomic E-state index is -4.19. The van der Waals surface area contributed by atoms with Crippen molar-refractivity contribution in [3.8, 4) is 0 Å². The summed E-state index contributed by atoms with van der Waals surface area (Å²) in [6.07, 6.45) is 0. The van der Waals surface area contributed by atoms with Crippen LogP contribution in [-0.2, 0) is 19.4 Å². The highest BCUT2D eigenvalue weighted by Gasteiger charge is 2.39. The van der Waals surface area contributed by atoms with Gasteiger partial charge in [-0.15, -0.1) is 0 Å². The van der Waals surface area contributed by atoms with Crippen LogP contribution in [0.25, 0.3) is 0 Å². The minimum absolute atomic E-state index is 0.0564. The van der Waals surface area contributed by atoms with Crippen molar-refractivity contribution in [1.29, 1.82) is 0 Å². The molecule has 30 heavy (non-hydrogen) atoms. The summed E-state index contributed by atoms with van der Waals surface area (Å²) in [6, 6.07) is 15.7. The molecular weight excluding hydrogens is 406 g/mol. The van der Waals surface area contributed by atoms with Gasteiger partial charge in [0.1, 0.15) is 0 Å². The SMILES string of the molecule is CC(=O)N1CCN(C(=O)C(NC(=O)c2ccccc2)S(=O)(=O)c2ccccc2)CC1. The highest BCUT2D eigenvalue weighted by Crippen LogP contribution is 2.18. The highest BCUT2D eigenvalue weighted by atomic mass is 32.2. The van der Waals surface area contributed by atoms with Gasteiger partial charge in [-0.1, -0.05) is 36.4 Å². The van der Waals surface area contributed by atoms with Crippen LogP contribution in [0.2, 0.25) is 0 Å². The van der Waals surface area contributed by atoms with Crippen LogP contribution in [-0.4, -0.2) is 67.5 Å². The van der Waals surface area contributed by atoms with Gasteiger partial charge in [0.2, 0.25) is 21.1 Å². The Labute approximate surface area is 175 Å². The van der Waals surface area contributed by atoms with Gasteiger partial charge in [-0.3, -0.25) is 14.4 Å². The number of hydrogen-bond acceptors (Lipinski definition) is 5. The summed E-state index contributed by atoms with van der Waals surface area (Å²) in [5.74, 6) is -1.48. The fourth-order valence-corrected chi connectivity index (χ4v) is 4.70. The van der Waals surface area contributed by atoms with E-state index in [0.29, 0.717) is 13.1 Å². The van der Waals surface area contributed by atoms with Gasteiger partial charge in [-0.2, -0.15) is 0 Å². The molecule has 0 aliphatic carbocycles. The monoisotopic (exact) mass is 429 g/mol. The van der Waals surface area contributed by atoms with E-state index in [-0.39, 0.29) is 29.5 Å². The first-order valence-corrected chi connectivity index (χ1v) is 11.0. The predicted molar refractivity (Wildman–Crippen MR) is 110 cm³/mol. The number of nitrogens with one attached hydrogen (secondary N) is 1. The van der Waals surface area contributed by atoms with Crippen LogP contribution in [0.3, 0.4) is 0 Å². The maximum Gasteiger partial charge on any atom is 0.261 e. The van der Waals surface area contributed by atoms with Crippen molar-refractivity contribution in [3.63, 3.8) is 0 Å². The molecule has 0 radical (unpaired) electrons. The Kier molecular flexibility index (Phi) is 6.51. The Morgan fingerprint density at radius 2 is 1.33 bits per heavy atom. The number of piperazine rings is 1. The molecule has 1 N–H and O–H groups in total. The van der Waals surface area contributed by atoms with Gasteiger partial charge in [0.25, 0.3) is 11.8 Å². The van der Waals surface area contributed by atoms with Crippen LogP contribution in [0, 0.1) is 0 Å². The third-order valence-electron chi connectivity index (χ3n) is 4.94. The molecule has 1 atom stereocenters. The van der Waals surface area contributed by atoms with Crippen LogP contribution < -0.4 is 5.32 Å². The van der Waals surface area contributed by atoms with Crippen molar-refractivity contribution >= 4 is 27.6 Å². The van der Waals surface area contributed by atoms with E-state index in [0.717, 1.165) is 0 Å². The number of hydrogen-bond donors (Lipinski definition) is 1. The van der Waals surface area contributed by atoms with E-state index in [1.165, 1.54) is 36.1 Å². The molecular formula is C21H23N3O5S. The Balaban J connectivity index is 1.88. The van der Waals surface area contributed by atoms with Crippen LogP contribution >= 0.6 is 0 Å². The summed E-state index contributed by atoms with van der Waals surface area (Å²) in [7, 11) is -4.19. The second-order valence-electron chi connectivity index (χ2n) is 6.91. The first-order chi connectivity index (χ1) is 14.3. The lowest BCUT2D eigenvalue weighted by atomic mass is 10.2. The molecule has 0 saturated carbocycles. The first kappa shape index (κ1) is 21.5. The summed E-state index contributed by atoms with van der Waals surface area (Å²) in [6.45, 7) is 2.46. The molecule has 1 saturated heterocycles. The molecule has 8 nitrogen and oxygen atoms in total. The Morgan fingerprint density at radius 1 is 0.833 bits per heavy atom. The van der Waals surface area contributed by atoms with E-state index >= 15 is 0 Å². The van der Waals surface area contributed by atoms with Crippen molar-refractivity contribution in [1.82, 2.24) is 15.1 Å². The molecule has 2 aromatic rings. The number of carbonyl (C=O) groups excluding carboxylic acids is 3. The molecule has 1 aliphatic heterocycles. The van der Waals surface area contributed by atoms with Crippen molar-refractivity contribution in [3.05, 3.63) is 66.2 Å². The first-order valence-electron chi connectivity index (χ1n) is 9.50. The van der Waals surface area contributed by atoms with Gasteiger partial charge < -0.3 is 15.1 Å². The molecule has 3 amide bonds. The van der Waals surface area contributed by atoms with Gasteiger partial charge in [-0.25, -0.2) is 8.42 Å². The van der Waals surface area contributed by atoms with Crippen LogP contribution in [0.15, 0.2) is 65.6 Å². The fraction of sp³-hybridized carbons (Fsp3) is 0.286. The van der Waals surface area contributed by atoms with Gasteiger partial charge >= 0.3 is 0 Å². The van der Waals surface area contributed by atoms with Crippen LogP contribution in [0.1, 0.15) is 17.3 Å². The van der Waals surface area contributed by atoms with E-state index in [1.807, 2.05) is 0 Å². The molecule has 1 unspecified atom stereocenters. The van der Waals surface area contributed by atoms with E-state index in [9.17, 15) is 22.8 Å². The molecule has 2 aromatic carbocycles. The fourth-order valence-electron chi connectivity index (χ4n) is 3.22. The van der Waals surface area contributed by atoms with Crippen LogP contribution in [0.4, 0.5) is 0 Å². The van der Waals surface area contributed by atoms with Crippen LogP contribution in [0.5, 0.6) is 0 Å². The number of sulfone groups is 1. The van der Waals surface area contributed by atoms with Gasteiger partial charge in [0, 0.05) is 38.7 Å².